The zero-order valence-corrected chi connectivity index (χ0v) is 17.7. The predicted molar refractivity (Wildman–Crippen MR) is 113 cm³/mol. The molecule has 2 saturated carbocycles. The van der Waals surface area contributed by atoms with Gasteiger partial charge >= 0.3 is 0 Å². The van der Waals surface area contributed by atoms with E-state index in [9.17, 15) is 0 Å². The SMILES string of the molecule is CN(C)C1CN(Cc2ccccc2)CC12CC2.CN(C)C1CNCC12CC2. The number of nitrogens with zero attached hydrogens (tertiary/aromatic N) is 3. The van der Waals surface area contributed by atoms with Crippen LogP contribution in [0.25, 0.3) is 0 Å². The van der Waals surface area contributed by atoms with Gasteiger partial charge in [0.1, 0.15) is 0 Å². The first-order valence-corrected chi connectivity index (χ1v) is 10.7. The van der Waals surface area contributed by atoms with Crippen LogP contribution in [-0.4, -0.2) is 81.2 Å². The van der Waals surface area contributed by atoms with Crippen molar-refractivity contribution in [1.29, 1.82) is 0 Å². The minimum Gasteiger partial charge on any atom is -0.315 e. The number of rotatable bonds is 4. The van der Waals surface area contributed by atoms with Crippen molar-refractivity contribution in [3.8, 4) is 0 Å². The van der Waals surface area contributed by atoms with E-state index in [1.807, 2.05) is 0 Å². The average Bonchev–Trinajstić information content (AvgIpc) is 3.48. The third kappa shape index (κ3) is 4.09. The van der Waals surface area contributed by atoms with Crippen molar-refractivity contribution in [1.82, 2.24) is 20.0 Å². The van der Waals surface area contributed by atoms with Crippen LogP contribution in [0.3, 0.4) is 0 Å². The highest BCUT2D eigenvalue weighted by molar-refractivity contribution is 5.17. The van der Waals surface area contributed by atoms with Crippen molar-refractivity contribution in [2.45, 2.75) is 44.3 Å². The van der Waals surface area contributed by atoms with Gasteiger partial charge in [-0.05, 0) is 70.3 Å². The van der Waals surface area contributed by atoms with Crippen molar-refractivity contribution in [3.63, 3.8) is 0 Å². The highest BCUT2D eigenvalue weighted by atomic mass is 15.3. The molecule has 4 fully saturated rings. The molecule has 4 aliphatic rings. The molecule has 2 atom stereocenters. The Morgan fingerprint density at radius 1 is 0.926 bits per heavy atom. The van der Waals surface area contributed by atoms with Crippen LogP contribution in [-0.2, 0) is 6.54 Å². The molecule has 0 radical (unpaired) electrons. The summed E-state index contributed by atoms with van der Waals surface area (Å²) in [5, 5.41) is 3.46. The lowest BCUT2D eigenvalue weighted by atomic mass is 10.0. The van der Waals surface area contributed by atoms with E-state index in [1.165, 1.54) is 57.4 Å². The normalized spacial score (nSPS) is 30.1. The summed E-state index contributed by atoms with van der Waals surface area (Å²) >= 11 is 0. The van der Waals surface area contributed by atoms with Crippen LogP contribution < -0.4 is 5.32 Å². The monoisotopic (exact) mass is 370 g/mol. The van der Waals surface area contributed by atoms with Crippen molar-refractivity contribution >= 4 is 0 Å². The summed E-state index contributed by atoms with van der Waals surface area (Å²) < 4.78 is 0. The van der Waals surface area contributed by atoms with Gasteiger partial charge in [0.25, 0.3) is 0 Å². The molecule has 5 rings (SSSR count). The van der Waals surface area contributed by atoms with Crippen LogP contribution in [0.1, 0.15) is 31.2 Å². The molecule has 4 nitrogen and oxygen atoms in total. The maximum Gasteiger partial charge on any atom is 0.0285 e. The van der Waals surface area contributed by atoms with Crippen molar-refractivity contribution in [2.24, 2.45) is 10.8 Å². The minimum atomic E-state index is 0.637. The third-order valence-electron chi connectivity index (χ3n) is 7.48. The van der Waals surface area contributed by atoms with Gasteiger partial charge in [0.2, 0.25) is 0 Å². The minimum absolute atomic E-state index is 0.637. The van der Waals surface area contributed by atoms with Crippen LogP contribution in [0.2, 0.25) is 0 Å². The molecule has 1 aromatic rings. The Kier molecular flexibility index (Phi) is 5.36. The lowest BCUT2D eigenvalue weighted by molar-refractivity contribution is 0.235. The highest BCUT2D eigenvalue weighted by Crippen LogP contribution is 2.54. The number of likely N-dealkylation sites (N-methyl/N-ethyl adjacent to an activating group) is 2. The first-order chi connectivity index (χ1) is 12.9. The molecule has 2 aliphatic heterocycles. The van der Waals surface area contributed by atoms with Gasteiger partial charge in [-0.15, -0.1) is 0 Å². The second-order valence-electron chi connectivity index (χ2n) is 9.97. The molecule has 150 valence electrons. The van der Waals surface area contributed by atoms with Crippen LogP contribution in [0.15, 0.2) is 30.3 Å². The topological polar surface area (TPSA) is 21.8 Å². The average molecular weight is 371 g/mol. The van der Waals surface area contributed by atoms with Gasteiger partial charge in [-0.2, -0.15) is 0 Å². The molecular formula is C23H38N4. The van der Waals surface area contributed by atoms with E-state index in [1.54, 1.807) is 0 Å². The second-order valence-corrected chi connectivity index (χ2v) is 9.97. The fourth-order valence-electron chi connectivity index (χ4n) is 5.57. The van der Waals surface area contributed by atoms with E-state index in [2.05, 4.69) is 78.5 Å². The summed E-state index contributed by atoms with van der Waals surface area (Å²) in [7, 11) is 8.85. The van der Waals surface area contributed by atoms with Gasteiger partial charge in [0.15, 0.2) is 0 Å². The fourth-order valence-corrected chi connectivity index (χ4v) is 5.57. The molecule has 1 N–H and O–H groups in total. The molecule has 0 amide bonds. The number of nitrogens with one attached hydrogen (secondary N) is 1. The van der Waals surface area contributed by atoms with Crippen molar-refractivity contribution < 1.29 is 0 Å². The van der Waals surface area contributed by atoms with Gasteiger partial charge in [-0.25, -0.2) is 0 Å². The number of hydrogen-bond acceptors (Lipinski definition) is 4. The van der Waals surface area contributed by atoms with Gasteiger partial charge in [-0.1, -0.05) is 30.3 Å². The molecule has 27 heavy (non-hydrogen) atoms. The Morgan fingerprint density at radius 3 is 2.04 bits per heavy atom. The summed E-state index contributed by atoms with van der Waals surface area (Å²) in [4.78, 5) is 7.43. The molecule has 2 unspecified atom stereocenters. The van der Waals surface area contributed by atoms with E-state index >= 15 is 0 Å². The smallest absolute Gasteiger partial charge is 0.0285 e. The Balaban J connectivity index is 0.000000153. The standard InChI is InChI=1S/C15H22N2.C8H16N2/c1-16(2)14-11-17(12-15(14)8-9-15)10-13-6-4-3-5-7-13;1-10(2)7-5-9-6-8(7)3-4-8/h3-7,14H,8-12H2,1-2H3;7,9H,3-6H2,1-2H3. The molecule has 0 bridgehead atoms. The van der Waals surface area contributed by atoms with Gasteiger partial charge in [0.05, 0.1) is 0 Å². The number of benzene rings is 1. The predicted octanol–water partition coefficient (Wildman–Crippen LogP) is 2.51. The van der Waals surface area contributed by atoms with E-state index in [0.29, 0.717) is 10.8 Å². The highest BCUT2D eigenvalue weighted by Gasteiger charge is 2.55. The Morgan fingerprint density at radius 2 is 1.56 bits per heavy atom. The van der Waals surface area contributed by atoms with Crippen LogP contribution >= 0.6 is 0 Å². The van der Waals surface area contributed by atoms with Crippen molar-refractivity contribution in [3.05, 3.63) is 35.9 Å². The Hall–Kier alpha value is -0.940. The maximum atomic E-state index is 3.46. The summed E-state index contributed by atoms with van der Waals surface area (Å²) in [5.74, 6) is 0. The Bertz CT molecular complexity index is 619. The maximum absolute atomic E-state index is 3.46. The van der Waals surface area contributed by atoms with E-state index in [-0.39, 0.29) is 0 Å². The van der Waals surface area contributed by atoms with Crippen molar-refractivity contribution in [2.75, 3.05) is 54.4 Å². The third-order valence-corrected chi connectivity index (χ3v) is 7.48. The van der Waals surface area contributed by atoms with Gasteiger partial charge < -0.3 is 15.1 Å². The second kappa shape index (κ2) is 7.47. The summed E-state index contributed by atoms with van der Waals surface area (Å²) in [6.07, 6.45) is 5.76. The molecule has 2 aliphatic carbocycles. The van der Waals surface area contributed by atoms with E-state index in [0.717, 1.165) is 18.6 Å². The molecule has 4 heteroatoms. The van der Waals surface area contributed by atoms with Gasteiger partial charge in [0, 0.05) is 44.8 Å². The molecule has 2 spiro atoms. The lowest BCUT2D eigenvalue weighted by Crippen LogP contribution is -2.36. The first kappa shape index (κ1) is 19.4. The molecular weight excluding hydrogens is 332 g/mol. The quantitative estimate of drug-likeness (QED) is 0.879. The molecule has 2 heterocycles. The number of likely N-dealkylation sites (tertiary alicyclic amines) is 1. The molecule has 2 saturated heterocycles. The summed E-state index contributed by atoms with van der Waals surface area (Å²) in [5.41, 5.74) is 2.78. The zero-order chi connectivity index (χ0) is 19.1. The Labute approximate surface area is 165 Å². The van der Waals surface area contributed by atoms with Crippen LogP contribution in [0.5, 0.6) is 0 Å². The number of hydrogen-bond donors (Lipinski definition) is 1. The fraction of sp³-hybridized carbons (Fsp3) is 0.739. The lowest BCUT2D eigenvalue weighted by Gasteiger charge is -2.24. The van der Waals surface area contributed by atoms with Crippen LogP contribution in [0.4, 0.5) is 0 Å². The largest absolute Gasteiger partial charge is 0.315 e. The van der Waals surface area contributed by atoms with Crippen LogP contribution in [0, 0.1) is 10.8 Å². The molecule has 0 aromatic heterocycles. The van der Waals surface area contributed by atoms with Gasteiger partial charge in [-0.3, -0.25) is 4.90 Å². The molecule has 1 aromatic carbocycles. The summed E-state index contributed by atoms with van der Waals surface area (Å²) in [6.45, 7) is 6.11. The van der Waals surface area contributed by atoms with E-state index < -0.39 is 0 Å². The summed E-state index contributed by atoms with van der Waals surface area (Å²) in [6, 6.07) is 12.4. The van der Waals surface area contributed by atoms with E-state index in [4.69, 9.17) is 0 Å². The first-order valence-electron chi connectivity index (χ1n) is 10.7. The zero-order valence-electron chi connectivity index (χ0n) is 17.7.